The van der Waals surface area contributed by atoms with Gasteiger partial charge in [-0.3, -0.25) is 0 Å². The number of rotatable bonds is 6. The van der Waals surface area contributed by atoms with Crippen molar-refractivity contribution in [2.45, 2.75) is 11.6 Å². The Morgan fingerprint density at radius 1 is 0.720 bits per heavy atom. The Kier molecular flexibility index (Phi) is 5.03. The van der Waals surface area contributed by atoms with Crippen LogP contribution < -0.4 is 13.1 Å². The molecule has 3 aromatic rings. The van der Waals surface area contributed by atoms with Gasteiger partial charge in [0.1, 0.15) is 0 Å². The molecular weight excluding hydrogens is 395 g/mol. The van der Waals surface area contributed by atoms with Crippen LogP contribution in [0.4, 0.5) is 0 Å². The third kappa shape index (κ3) is 3.13. The van der Waals surface area contributed by atoms with Crippen molar-refractivity contribution in [3.8, 4) is 0 Å². The van der Waals surface area contributed by atoms with E-state index in [0.29, 0.717) is 5.21 Å². The number of carboxylic acids is 1. The van der Waals surface area contributed by atoms with Crippen LogP contribution in [-0.4, -0.2) is 22.6 Å². The second-order valence-electron chi connectivity index (χ2n) is 6.06. The average molecular weight is 415 g/mol. The minimum absolute atomic E-state index is 0.0355. The van der Waals surface area contributed by atoms with Gasteiger partial charge in [0.2, 0.25) is 0 Å². The molecule has 0 heterocycles. The molecule has 25 heavy (non-hydrogen) atoms. The predicted molar refractivity (Wildman–Crippen MR) is 107 cm³/mol. The Hall–Kier alpha value is -2.02. The monoisotopic (exact) mass is 414 g/mol. The fourth-order valence-electron chi connectivity index (χ4n) is 3.36. The number of aliphatic carboxylic acids is 1. The molecule has 0 aliphatic heterocycles. The second kappa shape index (κ2) is 7.07. The van der Waals surface area contributed by atoms with E-state index in [1.165, 1.54) is 0 Å². The molecule has 0 aliphatic rings. The maximum absolute atomic E-state index is 11.5. The average Bonchev–Trinajstić information content (AvgIpc) is 2.68. The molecule has 2 nitrogen and oxygen atoms in total. The van der Waals surface area contributed by atoms with Gasteiger partial charge in [0, 0.05) is 0 Å². The molecule has 0 aliphatic carbocycles. The van der Waals surface area contributed by atoms with Gasteiger partial charge in [-0.2, -0.15) is 0 Å². The van der Waals surface area contributed by atoms with E-state index in [0.717, 1.165) is 13.1 Å². The molecule has 0 unspecified atom stereocenters. The first-order valence-corrected chi connectivity index (χ1v) is 14.8. The van der Waals surface area contributed by atoms with Crippen LogP contribution in [-0.2, 0) is 4.79 Å². The zero-order chi connectivity index (χ0) is 17.8. The molecule has 4 heteroatoms. The van der Waals surface area contributed by atoms with E-state index in [9.17, 15) is 9.90 Å². The van der Waals surface area contributed by atoms with Crippen LogP contribution in [0.15, 0.2) is 91.0 Å². The van der Waals surface area contributed by atoms with Crippen molar-refractivity contribution in [1.82, 2.24) is 0 Å². The Labute approximate surface area is 152 Å². The summed E-state index contributed by atoms with van der Waals surface area (Å²) in [6, 6.07) is 30.0. The molecule has 128 valence electrons. The fourth-order valence-corrected chi connectivity index (χ4v) is 15.3. The summed E-state index contributed by atoms with van der Waals surface area (Å²) in [5.41, 5.74) is 0. The summed E-state index contributed by atoms with van der Waals surface area (Å²) in [4.78, 5) is 11.5. The predicted octanol–water partition coefficient (Wildman–Crippen LogP) is 3.32. The van der Waals surface area contributed by atoms with Crippen LogP contribution in [0.2, 0.25) is 5.21 Å². The zero-order valence-electron chi connectivity index (χ0n) is 13.8. The van der Waals surface area contributed by atoms with E-state index in [4.69, 9.17) is 9.95 Å². The molecular formula is C21H20AsClO2. The minimum atomic E-state index is -4.12. The molecule has 0 bridgehead atoms. The molecule has 0 atom stereocenters. The van der Waals surface area contributed by atoms with Crippen LogP contribution in [0.3, 0.4) is 0 Å². The molecule has 0 aromatic heterocycles. The Morgan fingerprint density at radius 2 is 1.04 bits per heavy atom. The second-order valence-corrected chi connectivity index (χ2v) is 19.1. The van der Waals surface area contributed by atoms with Gasteiger partial charge in [-0.1, -0.05) is 0 Å². The van der Waals surface area contributed by atoms with Crippen LogP contribution >= 0.6 is 9.95 Å². The maximum atomic E-state index is 11.5. The van der Waals surface area contributed by atoms with Gasteiger partial charge in [-0.25, -0.2) is 0 Å². The summed E-state index contributed by atoms with van der Waals surface area (Å²) in [7, 11) is 7.73. The first-order chi connectivity index (χ1) is 12.1. The standard InChI is InChI=1S/C21H20AsClO2/c23-22(17-16-21(24)25,18-10-4-1-5-11-18,19-12-6-2-7-13-19)20-14-8-3-9-15-20/h1-15H,16-17H2,(H,24,25). The van der Waals surface area contributed by atoms with E-state index in [-0.39, 0.29) is 6.42 Å². The number of carbonyl (C=O) groups is 1. The molecule has 0 fully saturated rings. The number of halogens is 1. The molecule has 0 saturated carbocycles. The van der Waals surface area contributed by atoms with Crippen LogP contribution in [0.5, 0.6) is 0 Å². The van der Waals surface area contributed by atoms with Crippen molar-refractivity contribution in [3.63, 3.8) is 0 Å². The summed E-state index contributed by atoms with van der Waals surface area (Å²) >= 11 is -4.12. The van der Waals surface area contributed by atoms with Crippen LogP contribution in [0.25, 0.3) is 0 Å². The van der Waals surface area contributed by atoms with Gasteiger partial charge in [0.05, 0.1) is 0 Å². The van der Waals surface area contributed by atoms with E-state index >= 15 is 0 Å². The topological polar surface area (TPSA) is 37.3 Å². The molecule has 0 saturated heterocycles. The number of carboxylic acid groups (broad SMARTS) is 1. The van der Waals surface area contributed by atoms with Crippen LogP contribution in [0.1, 0.15) is 6.42 Å². The summed E-state index contributed by atoms with van der Waals surface area (Å²) in [5.74, 6) is -0.824. The Morgan fingerprint density at radius 3 is 1.32 bits per heavy atom. The van der Waals surface area contributed by atoms with Gasteiger partial charge in [0.15, 0.2) is 0 Å². The van der Waals surface area contributed by atoms with Crippen molar-refractivity contribution in [3.05, 3.63) is 91.0 Å². The quantitative estimate of drug-likeness (QED) is 0.628. The van der Waals surface area contributed by atoms with Gasteiger partial charge in [0.25, 0.3) is 0 Å². The number of benzene rings is 3. The van der Waals surface area contributed by atoms with Crippen molar-refractivity contribution >= 4 is 40.5 Å². The molecule has 1 N–H and O–H groups in total. The molecule has 0 spiro atoms. The van der Waals surface area contributed by atoms with E-state index in [1.54, 1.807) is 0 Å². The van der Waals surface area contributed by atoms with Crippen molar-refractivity contribution in [1.29, 1.82) is 0 Å². The third-order valence-corrected chi connectivity index (χ3v) is 19.4. The van der Waals surface area contributed by atoms with Crippen LogP contribution in [0, 0.1) is 0 Å². The van der Waals surface area contributed by atoms with Crippen molar-refractivity contribution in [2.24, 2.45) is 0 Å². The summed E-state index contributed by atoms with van der Waals surface area (Å²) in [6.07, 6.45) is 0.0355. The summed E-state index contributed by atoms with van der Waals surface area (Å²) in [5, 5.41) is 9.83. The van der Waals surface area contributed by atoms with Gasteiger partial charge >= 0.3 is 153 Å². The first-order valence-electron chi connectivity index (χ1n) is 8.17. The van der Waals surface area contributed by atoms with Gasteiger partial charge < -0.3 is 0 Å². The Balaban J connectivity index is 2.38. The van der Waals surface area contributed by atoms with Crippen molar-refractivity contribution in [2.75, 3.05) is 0 Å². The number of hydrogen-bond acceptors (Lipinski definition) is 1. The fraction of sp³-hybridized carbons (Fsp3) is 0.0952. The van der Waals surface area contributed by atoms with Crippen molar-refractivity contribution < 1.29 is 9.90 Å². The SMILES string of the molecule is O=C(O)CC[As](Cl)(c1ccccc1)(c1ccccc1)c1ccccc1. The van der Waals surface area contributed by atoms with E-state index in [1.807, 2.05) is 91.0 Å². The molecule has 0 radical (unpaired) electrons. The third-order valence-electron chi connectivity index (χ3n) is 4.63. The van der Waals surface area contributed by atoms with E-state index in [2.05, 4.69) is 0 Å². The summed E-state index contributed by atoms with van der Waals surface area (Å²) in [6.45, 7) is 0. The normalized spacial score (nSPS) is 12.9. The number of hydrogen-bond donors (Lipinski definition) is 1. The van der Waals surface area contributed by atoms with Gasteiger partial charge in [-0.05, 0) is 0 Å². The summed E-state index contributed by atoms with van der Waals surface area (Å²) < 4.78 is 3.13. The Bertz CT molecular complexity index is 751. The van der Waals surface area contributed by atoms with Gasteiger partial charge in [-0.15, -0.1) is 0 Å². The molecule has 0 amide bonds. The molecule has 3 rings (SSSR count). The first kappa shape index (κ1) is 17.8. The van der Waals surface area contributed by atoms with E-state index < -0.39 is 17.5 Å². The zero-order valence-corrected chi connectivity index (χ0v) is 16.4. The molecule has 3 aromatic carbocycles.